The summed E-state index contributed by atoms with van der Waals surface area (Å²) in [7, 11) is 0. The van der Waals surface area contributed by atoms with Gasteiger partial charge in [-0.25, -0.2) is 0 Å². The van der Waals surface area contributed by atoms with Crippen LogP contribution in [0.5, 0.6) is 0 Å². The number of aromatic nitrogens is 2. The van der Waals surface area contributed by atoms with Crippen LogP contribution >= 0.6 is 0 Å². The third kappa shape index (κ3) is 2.28. The van der Waals surface area contributed by atoms with Crippen LogP contribution in [0.4, 0.5) is 13.2 Å². The number of nitrogens with one attached hydrogen (secondary N) is 1. The Bertz CT molecular complexity index is 330. The van der Waals surface area contributed by atoms with E-state index in [1.54, 1.807) is 0 Å². The first kappa shape index (κ1) is 10.4. The Hall–Kier alpha value is -1.11. The highest BCUT2D eigenvalue weighted by molar-refractivity contribution is 4.96. The Labute approximate surface area is 83.8 Å². The number of hydrogen-bond donors (Lipinski definition) is 1. The zero-order chi connectivity index (χ0) is 10.9. The Morgan fingerprint density at radius 1 is 1.33 bits per heavy atom. The first-order chi connectivity index (χ1) is 7.07. The van der Waals surface area contributed by atoms with Gasteiger partial charge in [-0.3, -0.25) is 0 Å². The normalized spacial score (nSPS) is 23.0. The van der Waals surface area contributed by atoms with Crippen LogP contribution in [0.3, 0.4) is 0 Å². The van der Waals surface area contributed by atoms with Gasteiger partial charge in [0.1, 0.15) is 0 Å². The van der Waals surface area contributed by atoms with E-state index >= 15 is 0 Å². The van der Waals surface area contributed by atoms with E-state index in [1.807, 2.05) is 0 Å². The minimum atomic E-state index is -4.53. The minimum absolute atomic E-state index is 0.0297. The van der Waals surface area contributed by atoms with Gasteiger partial charge in [-0.15, -0.1) is 0 Å². The van der Waals surface area contributed by atoms with E-state index in [2.05, 4.69) is 20.0 Å². The fourth-order valence-electron chi connectivity index (χ4n) is 1.55. The van der Waals surface area contributed by atoms with Crippen molar-refractivity contribution >= 4 is 0 Å². The molecule has 1 unspecified atom stereocenters. The van der Waals surface area contributed by atoms with Crippen LogP contribution in [0.1, 0.15) is 37.0 Å². The number of hydrogen-bond acceptors (Lipinski definition) is 4. The molecule has 0 aromatic carbocycles. The van der Waals surface area contributed by atoms with Crippen LogP contribution in [0.2, 0.25) is 0 Å². The second-order valence-electron chi connectivity index (χ2n) is 3.46. The van der Waals surface area contributed by atoms with Gasteiger partial charge in [0.15, 0.2) is 0 Å². The average Bonchev–Trinajstić information content (AvgIpc) is 2.67. The van der Waals surface area contributed by atoms with Crippen molar-refractivity contribution in [1.29, 1.82) is 0 Å². The van der Waals surface area contributed by atoms with Gasteiger partial charge in [-0.1, -0.05) is 11.6 Å². The second kappa shape index (κ2) is 3.80. The third-order valence-electron chi connectivity index (χ3n) is 2.30. The maximum atomic E-state index is 12.2. The highest BCUT2D eigenvalue weighted by atomic mass is 19.4. The molecule has 2 rings (SSSR count). The van der Waals surface area contributed by atoms with Crippen molar-refractivity contribution in [2.75, 3.05) is 6.54 Å². The maximum absolute atomic E-state index is 12.2. The van der Waals surface area contributed by atoms with Gasteiger partial charge >= 0.3 is 6.18 Å². The third-order valence-corrected chi connectivity index (χ3v) is 2.30. The highest BCUT2D eigenvalue weighted by Crippen LogP contribution is 2.28. The summed E-state index contributed by atoms with van der Waals surface area (Å²) in [6.07, 6.45) is -1.81. The van der Waals surface area contributed by atoms with Gasteiger partial charge < -0.3 is 9.84 Å². The summed E-state index contributed by atoms with van der Waals surface area (Å²) in [6.45, 7) is 0.772. The monoisotopic (exact) mass is 221 g/mol. The fourth-order valence-corrected chi connectivity index (χ4v) is 1.55. The molecule has 4 nitrogen and oxygen atoms in total. The molecular formula is C8H10F3N3O. The molecule has 0 radical (unpaired) electrons. The first-order valence-electron chi connectivity index (χ1n) is 4.71. The molecule has 84 valence electrons. The molecular weight excluding hydrogens is 211 g/mol. The van der Waals surface area contributed by atoms with Crippen molar-refractivity contribution in [1.82, 2.24) is 15.5 Å². The quantitative estimate of drug-likeness (QED) is 0.786. The standard InChI is InChI=1S/C8H10F3N3O/c9-8(10,11)7-13-6(15-14-7)5-3-1-2-4-12-5/h5,12H,1-4H2. The summed E-state index contributed by atoms with van der Waals surface area (Å²) in [5.41, 5.74) is 0. The number of rotatable bonds is 1. The molecule has 0 saturated carbocycles. The first-order valence-corrected chi connectivity index (χ1v) is 4.71. The summed E-state index contributed by atoms with van der Waals surface area (Å²) < 4.78 is 41.1. The lowest BCUT2D eigenvalue weighted by Gasteiger charge is -2.19. The van der Waals surface area contributed by atoms with Crippen LogP contribution in [0, 0.1) is 0 Å². The SMILES string of the molecule is FC(F)(F)c1noc(C2CCCCN2)n1. The molecule has 1 aromatic heterocycles. The van der Waals surface area contributed by atoms with Gasteiger partial charge in [-0.2, -0.15) is 18.2 Å². The molecule has 1 aliphatic heterocycles. The van der Waals surface area contributed by atoms with Crippen molar-refractivity contribution in [3.8, 4) is 0 Å². The lowest BCUT2D eigenvalue weighted by Crippen LogP contribution is -2.27. The Morgan fingerprint density at radius 2 is 2.13 bits per heavy atom. The van der Waals surface area contributed by atoms with Gasteiger partial charge in [0.25, 0.3) is 5.82 Å². The number of nitrogens with zero attached hydrogens (tertiary/aromatic N) is 2. The van der Waals surface area contributed by atoms with E-state index in [0.717, 1.165) is 25.8 Å². The molecule has 15 heavy (non-hydrogen) atoms. The molecule has 2 heterocycles. The van der Waals surface area contributed by atoms with Crippen LogP contribution in [0.15, 0.2) is 4.52 Å². The Morgan fingerprint density at radius 3 is 2.67 bits per heavy atom. The molecule has 1 N–H and O–H groups in total. The molecule has 0 aliphatic carbocycles. The van der Waals surface area contributed by atoms with Crippen molar-refractivity contribution in [2.45, 2.75) is 31.5 Å². The molecule has 1 aliphatic rings. The van der Waals surface area contributed by atoms with Gasteiger partial charge in [0.05, 0.1) is 6.04 Å². The molecule has 1 saturated heterocycles. The average molecular weight is 221 g/mol. The zero-order valence-corrected chi connectivity index (χ0v) is 7.84. The predicted octanol–water partition coefficient (Wildman–Crippen LogP) is 1.90. The molecule has 0 bridgehead atoms. The van der Waals surface area contributed by atoms with E-state index in [4.69, 9.17) is 0 Å². The summed E-state index contributed by atoms with van der Waals surface area (Å²) >= 11 is 0. The van der Waals surface area contributed by atoms with Crippen LogP contribution in [-0.4, -0.2) is 16.7 Å². The zero-order valence-electron chi connectivity index (χ0n) is 7.84. The van der Waals surface area contributed by atoms with Crippen LogP contribution in [-0.2, 0) is 6.18 Å². The second-order valence-corrected chi connectivity index (χ2v) is 3.46. The molecule has 7 heteroatoms. The predicted molar refractivity (Wildman–Crippen MR) is 43.9 cm³/mol. The van der Waals surface area contributed by atoms with E-state index in [0.29, 0.717) is 0 Å². The van der Waals surface area contributed by atoms with E-state index in [-0.39, 0.29) is 11.9 Å². The van der Waals surface area contributed by atoms with Crippen LogP contribution < -0.4 is 5.32 Å². The highest BCUT2D eigenvalue weighted by Gasteiger charge is 2.38. The van der Waals surface area contributed by atoms with E-state index < -0.39 is 12.0 Å². The topological polar surface area (TPSA) is 51.0 Å². The van der Waals surface area contributed by atoms with Crippen molar-refractivity contribution in [3.63, 3.8) is 0 Å². The lowest BCUT2D eigenvalue weighted by molar-refractivity contribution is -0.146. The fraction of sp³-hybridized carbons (Fsp3) is 0.750. The van der Waals surface area contributed by atoms with Crippen molar-refractivity contribution in [2.24, 2.45) is 0 Å². The minimum Gasteiger partial charge on any atom is -0.337 e. The Balaban J connectivity index is 2.12. The largest absolute Gasteiger partial charge is 0.455 e. The molecule has 0 amide bonds. The Kier molecular flexibility index (Phi) is 2.64. The molecule has 1 atom stereocenters. The lowest BCUT2D eigenvalue weighted by atomic mass is 10.1. The van der Waals surface area contributed by atoms with Gasteiger partial charge in [0.2, 0.25) is 5.89 Å². The van der Waals surface area contributed by atoms with Gasteiger partial charge in [-0.05, 0) is 19.4 Å². The molecule has 1 aromatic rings. The van der Waals surface area contributed by atoms with E-state index in [9.17, 15) is 13.2 Å². The van der Waals surface area contributed by atoms with Crippen LogP contribution in [0.25, 0.3) is 0 Å². The van der Waals surface area contributed by atoms with Crippen molar-refractivity contribution in [3.05, 3.63) is 11.7 Å². The number of halogens is 3. The summed E-state index contributed by atoms with van der Waals surface area (Å²) in [5, 5.41) is 5.95. The van der Waals surface area contributed by atoms with Gasteiger partial charge in [0, 0.05) is 0 Å². The number of piperidine rings is 1. The van der Waals surface area contributed by atoms with E-state index in [1.165, 1.54) is 0 Å². The van der Waals surface area contributed by atoms with Crippen molar-refractivity contribution < 1.29 is 17.7 Å². The summed E-state index contributed by atoms with van der Waals surface area (Å²) in [4.78, 5) is 3.34. The molecule has 0 spiro atoms. The maximum Gasteiger partial charge on any atom is 0.455 e. The molecule has 1 fully saturated rings. The smallest absolute Gasteiger partial charge is 0.337 e. The summed E-state index contributed by atoms with van der Waals surface area (Å²) in [6, 6.07) is -0.234. The summed E-state index contributed by atoms with van der Waals surface area (Å²) in [5.74, 6) is -1.17. The number of alkyl halides is 3.